The molecule has 0 saturated carbocycles. The number of carbonyl (C=O) groups excluding carboxylic acids is 2. The predicted octanol–water partition coefficient (Wildman–Crippen LogP) is 1.59. The minimum atomic E-state index is -0.373. The van der Waals surface area contributed by atoms with Crippen LogP contribution in [-0.4, -0.2) is 56.7 Å². The Kier molecular flexibility index (Phi) is 7.18. The average Bonchev–Trinajstić information content (AvgIpc) is 2.61. The first-order valence-corrected chi connectivity index (χ1v) is 8.43. The van der Waals surface area contributed by atoms with E-state index in [0.717, 1.165) is 0 Å². The molecule has 1 saturated heterocycles. The SMILES string of the molecule is CNC(=O)C[C@@H]1CN(C(=O)CCOc2cccc(F)c2)CC[C@H]1OC. The Balaban J connectivity index is 1.83. The van der Waals surface area contributed by atoms with Crippen molar-refractivity contribution in [1.29, 1.82) is 0 Å². The van der Waals surface area contributed by atoms with E-state index in [1.165, 1.54) is 12.1 Å². The van der Waals surface area contributed by atoms with Crippen LogP contribution in [0.15, 0.2) is 24.3 Å². The molecule has 0 spiro atoms. The van der Waals surface area contributed by atoms with Crippen LogP contribution in [0.3, 0.4) is 0 Å². The van der Waals surface area contributed by atoms with Gasteiger partial charge in [0.05, 0.1) is 19.1 Å². The molecular weight excluding hydrogens is 327 g/mol. The average molecular weight is 352 g/mol. The van der Waals surface area contributed by atoms with E-state index in [-0.39, 0.29) is 42.7 Å². The van der Waals surface area contributed by atoms with Crippen LogP contribution in [0.25, 0.3) is 0 Å². The topological polar surface area (TPSA) is 67.9 Å². The summed E-state index contributed by atoms with van der Waals surface area (Å²) in [5.41, 5.74) is 0. The molecule has 1 aromatic carbocycles. The van der Waals surface area contributed by atoms with E-state index in [4.69, 9.17) is 9.47 Å². The molecule has 0 bridgehead atoms. The van der Waals surface area contributed by atoms with Gasteiger partial charge in [0.25, 0.3) is 0 Å². The van der Waals surface area contributed by atoms with E-state index in [1.54, 1.807) is 31.2 Å². The van der Waals surface area contributed by atoms with Gasteiger partial charge in [0.2, 0.25) is 11.8 Å². The highest BCUT2D eigenvalue weighted by Gasteiger charge is 2.32. The fourth-order valence-corrected chi connectivity index (χ4v) is 3.05. The molecular formula is C18H25FN2O4. The molecule has 6 nitrogen and oxygen atoms in total. The lowest BCUT2D eigenvalue weighted by Crippen LogP contribution is -2.48. The molecule has 1 heterocycles. The van der Waals surface area contributed by atoms with Crippen LogP contribution in [0.5, 0.6) is 5.75 Å². The summed E-state index contributed by atoms with van der Waals surface area (Å²) >= 11 is 0. The molecule has 2 rings (SSSR count). The molecule has 0 aliphatic carbocycles. The van der Waals surface area contributed by atoms with Crippen LogP contribution in [0.1, 0.15) is 19.3 Å². The van der Waals surface area contributed by atoms with E-state index >= 15 is 0 Å². The molecule has 0 aromatic heterocycles. The Hall–Kier alpha value is -2.15. The van der Waals surface area contributed by atoms with E-state index in [0.29, 0.717) is 31.7 Å². The third-order valence-electron chi connectivity index (χ3n) is 4.43. The van der Waals surface area contributed by atoms with Gasteiger partial charge in [0.15, 0.2) is 0 Å². The number of methoxy groups -OCH3 is 1. The number of benzene rings is 1. The van der Waals surface area contributed by atoms with Crippen molar-refractivity contribution >= 4 is 11.8 Å². The lowest BCUT2D eigenvalue weighted by Gasteiger charge is -2.37. The summed E-state index contributed by atoms with van der Waals surface area (Å²) in [7, 11) is 3.23. The van der Waals surface area contributed by atoms with Crippen molar-refractivity contribution in [2.24, 2.45) is 5.92 Å². The Labute approximate surface area is 147 Å². The number of nitrogens with zero attached hydrogens (tertiary/aromatic N) is 1. The predicted molar refractivity (Wildman–Crippen MR) is 90.7 cm³/mol. The lowest BCUT2D eigenvalue weighted by molar-refractivity contribution is -0.138. The zero-order chi connectivity index (χ0) is 18.2. The number of piperidine rings is 1. The van der Waals surface area contributed by atoms with Crippen molar-refractivity contribution in [2.75, 3.05) is 33.9 Å². The van der Waals surface area contributed by atoms with Gasteiger partial charge in [-0.25, -0.2) is 4.39 Å². The van der Waals surface area contributed by atoms with Crippen LogP contribution < -0.4 is 10.1 Å². The third-order valence-corrected chi connectivity index (χ3v) is 4.43. The largest absolute Gasteiger partial charge is 0.493 e. The van der Waals surface area contributed by atoms with Gasteiger partial charge in [-0.15, -0.1) is 0 Å². The number of ether oxygens (including phenoxy) is 2. The molecule has 1 aliphatic heterocycles. The van der Waals surface area contributed by atoms with Crippen LogP contribution in [-0.2, 0) is 14.3 Å². The minimum Gasteiger partial charge on any atom is -0.493 e. The molecule has 0 unspecified atom stereocenters. The van der Waals surface area contributed by atoms with Crippen molar-refractivity contribution in [3.63, 3.8) is 0 Å². The summed E-state index contributed by atoms with van der Waals surface area (Å²) in [5.74, 6) is -0.0821. The lowest BCUT2D eigenvalue weighted by atomic mass is 9.91. The van der Waals surface area contributed by atoms with E-state index in [1.807, 2.05) is 0 Å². The van der Waals surface area contributed by atoms with E-state index in [2.05, 4.69) is 5.32 Å². The molecule has 1 N–H and O–H groups in total. The normalized spacial score (nSPS) is 20.2. The summed E-state index contributed by atoms with van der Waals surface area (Å²) in [6.07, 6.45) is 1.22. The molecule has 25 heavy (non-hydrogen) atoms. The smallest absolute Gasteiger partial charge is 0.226 e. The molecule has 0 radical (unpaired) electrons. The molecule has 138 valence electrons. The van der Waals surface area contributed by atoms with Crippen molar-refractivity contribution in [3.05, 3.63) is 30.1 Å². The van der Waals surface area contributed by atoms with Gasteiger partial charge in [-0.1, -0.05) is 6.07 Å². The van der Waals surface area contributed by atoms with Gasteiger partial charge in [-0.05, 0) is 18.6 Å². The monoisotopic (exact) mass is 352 g/mol. The van der Waals surface area contributed by atoms with Gasteiger partial charge in [0, 0.05) is 45.7 Å². The fourth-order valence-electron chi connectivity index (χ4n) is 3.05. The third kappa shape index (κ3) is 5.70. The maximum atomic E-state index is 13.1. The number of nitrogens with one attached hydrogen (secondary N) is 1. The second-order valence-electron chi connectivity index (χ2n) is 6.10. The van der Waals surface area contributed by atoms with E-state index in [9.17, 15) is 14.0 Å². The number of carbonyl (C=O) groups is 2. The number of hydrogen-bond acceptors (Lipinski definition) is 4. The second kappa shape index (κ2) is 9.36. The first-order chi connectivity index (χ1) is 12.0. The Morgan fingerprint density at radius 1 is 1.40 bits per heavy atom. The van der Waals surface area contributed by atoms with Crippen molar-refractivity contribution in [1.82, 2.24) is 10.2 Å². The van der Waals surface area contributed by atoms with Crippen molar-refractivity contribution in [2.45, 2.75) is 25.4 Å². The second-order valence-corrected chi connectivity index (χ2v) is 6.10. The first kappa shape index (κ1) is 19.2. The molecule has 7 heteroatoms. The highest BCUT2D eigenvalue weighted by Crippen LogP contribution is 2.23. The number of likely N-dealkylation sites (tertiary alicyclic amines) is 1. The van der Waals surface area contributed by atoms with Crippen LogP contribution >= 0.6 is 0 Å². The summed E-state index contributed by atoms with van der Waals surface area (Å²) in [5, 5.41) is 2.61. The first-order valence-electron chi connectivity index (χ1n) is 8.43. The molecule has 2 atom stereocenters. The van der Waals surface area contributed by atoms with Gasteiger partial charge in [0.1, 0.15) is 11.6 Å². The summed E-state index contributed by atoms with van der Waals surface area (Å²) in [6.45, 7) is 1.28. The zero-order valence-corrected chi connectivity index (χ0v) is 14.7. The van der Waals surface area contributed by atoms with Gasteiger partial charge < -0.3 is 19.7 Å². The quantitative estimate of drug-likeness (QED) is 0.809. The number of amides is 2. The Morgan fingerprint density at radius 3 is 2.88 bits per heavy atom. The maximum absolute atomic E-state index is 13.1. The highest BCUT2D eigenvalue weighted by molar-refractivity contribution is 5.77. The zero-order valence-electron chi connectivity index (χ0n) is 14.7. The molecule has 1 aromatic rings. The molecule has 1 aliphatic rings. The molecule has 2 amide bonds. The maximum Gasteiger partial charge on any atom is 0.226 e. The van der Waals surface area contributed by atoms with Gasteiger partial charge >= 0.3 is 0 Å². The van der Waals surface area contributed by atoms with Crippen molar-refractivity contribution < 1.29 is 23.5 Å². The number of rotatable bonds is 7. The molecule has 1 fully saturated rings. The van der Waals surface area contributed by atoms with E-state index < -0.39 is 0 Å². The standard InChI is InChI=1S/C18H25FN2O4/c1-20-17(22)10-13-12-21(8-6-16(13)24-2)18(23)7-9-25-15-5-3-4-14(19)11-15/h3-5,11,13,16H,6-10,12H2,1-2H3,(H,20,22)/t13-,16-/m1/s1. The van der Waals surface area contributed by atoms with Crippen LogP contribution in [0.4, 0.5) is 4.39 Å². The summed E-state index contributed by atoms with van der Waals surface area (Å²) < 4.78 is 24.0. The van der Waals surface area contributed by atoms with Crippen LogP contribution in [0.2, 0.25) is 0 Å². The Bertz CT molecular complexity index is 596. The minimum absolute atomic E-state index is 0.0215. The Morgan fingerprint density at radius 2 is 2.20 bits per heavy atom. The van der Waals surface area contributed by atoms with Gasteiger partial charge in [-0.3, -0.25) is 9.59 Å². The summed E-state index contributed by atoms with van der Waals surface area (Å²) in [4.78, 5) is 25.8. The van der Waals surface area contributed by atoms with Crippen LogP contribution in [0, 0.1) is 11.7 Å². The number of hydrogen-bond donors (Lipinski definition) is 1. The van der Waals surface area contributed by atoms with Gasteiger partial charge in [-0.2, -0.15) is 0 Å². The highest BCUT2D eigenvalue weighted by atomic mass is 19.1. The summed E-state index contributed by atoms with van der Waals surface area (Å²) in [6, 6.07) is 5.83. The number of halogens is 1. The van der Waals surface area contributed by atoms with Crippen molar-refractivity contribution in [3.8, 4) is 5.75 Å². The fraction of sp³-hybridized carbons (Fsp3) is 0.556.